The van der Waals surface area contributed by atoms with Gasteiger partial charge in [-0.1, -0.05) is 0 Å². The smallest absolute Gasteiger partial charge is 0.387 e. The molecule has 10 atom stereocenters. The molecule has 0 aromatic carbocycles. The van der Waals surface area contributed by atoms with Crippen molar-refractivity contribution in [3.63, 3.8) is 0 Å². The lowest BCUT2D eigenvalue weighted by atomic mass is 10.1. The molecule has 0 radical (unpaired) electrons. The van der Waals surface area contributed by atoms with E-state index in [1.807, 2.05) is 0 Å². The van der Waals surface area contributed by atoms with E-state index < -0.39 is 76.9 Å². The molecule has 0 aliphatic carbocycles. The number of nitrogen functional groups attached to an aromatic ring is 2. The number of aromatic nitrogens is 8. The number of ether oxygens (including phenoxy) is 2. The number of fused-ring (bicyclic) bond motifs is 5. The molecule has 3 fully saturated rings. The van der Waals surface area contributed by atoms with Crippen molar-refractivity contribution in [2.24, 2.45) is 0 Å². The van der Waals surface area contributed by atoms with Gasteiger partial charge >= 0.3 is 14.5 Å². The highest BCUT2D eigenvalue weighted by molar-refractivity contribution is 8.07. The molecule has 0 amide bonds. The Balaban J connectivity index is 1.22. The second kappa shape index (κ2) is 11.4. The number of alkyl halides is 1. The zero-order valence-corrected chi connectivity index (χ0v) is 25.5. The van der Waals surface area contributed by atoms with E-state index >= 15 is 4.39 Å². The van der Waals surface area contributed by atoms with Gasteiger partial charge in [-0.15, -0.1) is 0 Å². The number of imidazole rings is 2. The summed E-state index contributed by atoms with van der Waals surface area (Å²) >= 11 is 5.25. The van der Waals surface area contributed by atoms with Crippen LogP contribution in [0.1, 0.15) is 12.5 Å². The standard InChI is InChI=1S/C21H25FN10O10P2S/c1-36-43(34)37-2-8-13(33)15(21(39-8)32-7-30-12-17(24)26-5-28-19(12)32)42-44(35,45)38-3-9-14(41-43)10(22)20(40-9)31-6-29-11-16(23)25-4-27-18(11)31/h4-10,13-15,20-21,33H,2-3H2,1H3,(H,35,45)(H2,23,25,27)(H2,24,26,28)/t8?,9?,10?,13-,14?,15?,20?,21+,43?,44?/m0/s1. The second-order valence-corrected chi connectivity index (χ2v) is 14.6. The molecule has 242 valence electrons. The molecule has 45 heavy (non-hydrogen) atoms. The van der Waals surface area contributed by atoms with Gasteiger partial charge in [-0.3, -0.25) is 27.2 Å². The molecule has 4 aromatic rings. The summed E-state index contributed by atoms with van der Waals surface area (Å²) in [6, 6.07) is 0. The van der Waals surface area contributed by atoms with Crippen molar-refractivity contribution in [1.82, 2.24) is 39.0 Å². The van der Waals surface area contributed by atoms with Crippen LogP contribution in [0.4, 0.5) is 16.0 Å². The maximum absolute atomic E-state index is 16.1. The summed E-state index contributed by atoms with van der Waals surface area (Å²) in [7, 11) is -3.53. The van der Waals surface area contributed by atoms with Gasteiger partial charge in [0.1, 0.15) is 54.2 Å². The number of hydrogen-bond acceptors (Lipinski definition) is 18. The Morgan fingerprint density at radius 3 is 2.11 bits per heavy atom. The molecule has 8 unspecified atom stereocenters. The van der Waals surface area contributed by atoms with Crippen molar-refractivity contribution in [2.45, 2.75) is 49.1 Å². The Kier molecular flexibility index (Phi) is 7.83. The largest absolute Gasteiger partial charge is 0.475 e. The molecular weight excluding hydrogens is 665 g/mol. The van der Waals surface area contributed by atoms with Gasteiger partial charge in [-0.25, -0.2) is 38.9 Å². The minimum absolute atomic E-state index is 0.0571. The SMILES string of the molecule is COP1(=O)OCC2O[C@@H](n3cnc4c(N)ncnc43)C(OP(O)(=S)OCC3OC(n4cnc5c(N)ncnc54)C(F)C3O1)[C@H]2O. The molecule has 7 heterocycles. The highest BCUT2D eigenvalue weighted by Crippen LogP contribution is 2.56. The third kappa shape index (κ3) is 5.39. The summed E-state index contributed by atoms with van der Waals surface area (Å²) in [4.78, 5) is 35.5. The first kappa shape index (κ1) is 30.8. The highest BCUT2D eigenvalue weighted by Gasteiger charge is 2.54. The van der Waals surface area contributed by atoms with E-state index in [0.29, 0.717) is 0 Å². The van der Waals surface area contributed by atoms with Crippen LogP contribution in [-0.2, 0) is 48.5 Å². The number of rotatable bonds is 3. The third-order valence-corrected chi connectivity index (χ3v) is 10.4. The molecule has 3 aliphatic heterocycles. The number of aliphatic hydroxyl groups is 1. The first-order valence-electron chi connectivity index (χ1n) is 13.1. The Labute approximate surface area is 256 Å². The van der Waals surface area contributed by atoms with Crippen LogP contribution >= 0.6 is 14.5 Å². The van der Waals surface area contributed by atoms with Crippen molar-refractivity contribution in [1.29, 1.82) is 0 Å². The van der Waals surface area contributed by atoms with Crippen LogP contribution in [0.2, 0.25) is 0 Å². The molecule has 0 spiro atoms. The van der Waals surface area contributed by atoms with Gasteiger partial charge in [-0.2, -0.15) is 0 Å². The van der Waals surface area contributed by atoms with Crippen LogP contribution in [0, 0.1) is 0 Å². The van der Waals surface area contributed by atoms with Crippen LogP contribution in [-0.4, -0.2) is 106 Å². The van der Waals surface area contributed by atoms with Crippen molar-refractivity contribution < 1.29 is 51.0 Å². The Morgan fingerprint density at radius 2 is 1.49 bits per heavy atom. The van der Waals surface area contributed by atoms with E-state index in [-0.39, 0.29) is 34.0 Å². The monoisotopic (exact) mass is 690 g/mol. The van der Waals surface area contributed by atoms with E-state index in [4.69, 9.17) is 55.4 Å². The van der Waals surface area contributed by atoms with Gasteiger partial charge in [0, 0.05) is 7.11 Å². The van der Waals surface area contributed by atoms with E-state index in [0.717, 1.165) is 7.11 Å². The lowest BCUT2D eigenvalue weighted by Crippen LogP contribution is -2.35. The van der Waals surface area contributed by atoms with Crippen molar-refractivity contribution in [2.75, 3.05) is 31.8 Å². The van der Waals surface area contributed by atoms with Crippen LogP contribution in [0.15, 0.2) is 25.3 Å². The molecular formula is C21H25FN10O10P2S. The van der Waals surface area contributed by atoms with E-state index in [1.54, 1.807) is 0 Å². The predicted octanol–water partition coefficient (Wildman–Crippen LogP) is 0.113. The molecule has 3 saturated heterocycles. The minimum atomic E-state index is -4.56. The summed E-state index contributed by atoms with van der Waals surface area (Å²) in [5, 5.41) is 11.2. The van der Waals surface area contributed by atoms with Crippen molar-refractivity contribution >= 4 is 60.3 Å². The minimum Gasteiger partial charge on any atom is -0.387 e. The zero-order chi connectivity index (χ0) is 31.7. The zero-order valence-electron chi connectivity index (χ0n) is 22.9. The predicted molar refractivity (Wildman–Crippen MR) is 151 cm³/mol. The van der Waals surface area contributed by atoms with Crippen LogP contribution in [0.5, 0.6) is 0 Å². The van der Waals surface area contributed by atoms with E-state index in [1.165, 1.54) is 34.4 Å². The molecule has 0 saturated carbocycles. The maximum atomic E-state index is 16.1. The summed E-state index contributed by atoms with van der Waals surface area (Å²) in [6.07, 6.45) is -6.93. The summed E-state index contributed by atoms with van der Waals surface area (Å²) in [5.74, 6) is 0.141. The fourth-order valence-electron chi connectivity index (χ4n) is 5.28. The average molecular weight is 691 g/mol. The second-order valence-electron chi connectivity index (χ2n) is 10.1. The first-order valence-corrected chi connectivity index (χ1v) is 17.2. The van der Waals surface area contributed by atoms with Crippen molar-refractivity contribution in [3.05, 3.63) is 25.3 Å². The number of phosphoric acid groups is 1. The topological polar surface area (TPSA) is 261 Å². The number of halogens is 1. The van der Waals surface area contributed by atoms with Crippen LogP contribution in [0.3, 0.4) is 0 Å². The Bertz CT molecular complexity index is 1850. The van der Waals surface area contributed by atoms with E-state index in [9.17, 15) is 14.6 Å². The van der Waals surface area contributed by atoms with Crippen LogP contribution in [0.25, 0.3) is 22.3 Å². The first-order chi connectivity index (χ1) is 21.5. The summed E-state index contributed by atoms with van der Waals surface area (Å²) < 4.78 is 71.7. The fourth-order valence-corrected chi connectivity index (χ4v) is 7.82. The summed E-state index contributed by atoms with van der Waals surface area (Å²) in [5.41, 5.74) is 12.6. The third-order valence-electron chi connectivity index (χ3n) is 7.43. The molecule has 20 nitrogen and oxygen atoms in total. The molecule has 4 aromatic heterocycles. The molecule has 24 heteroatoms. The number of anilines is 2. The highest BCUT2D eigenvalue weighted by atomic mass is 32.5. The van der Waals surface area contributed by atoms with Gasteiger partial charge < -0.3 is 35.5 Å². The van der Waals surface area contributed by atoms with E-state index in [2.05, 4.69) is 29.9 Å². The molecule has 6 N–H and O–H groups in total. The van der Waals surface area contributed by atoms with Gasteiger partial charge in [-0.05, 0) is 11.8 Å². The van der Waals surface area contributed by atoms with Crippen LogP contribution < -0.4 is 11.5 Å². The maximum Gasteiger partial charge on any atom is 0.475 e. The van der Waals surface area contributed by atoms with Gasteiger partial charge in [0.05, 0.1) is 25.9 Å². The molecule has 3 aliphatic rings. The number of phosphoric ester groups is 1. The Morgan fingerprint density at radius 1 is 0.911 bits per heavy atom. The lowest BCUT2D eigenvalue weighted by Gasteiger charge is -2.27. The molecule has 7 rings (SSSR count). The average Bonchev–Trinajstić information content (AvgIpc) is 3.77. The van der Waals surface area contributed by atoms with Gasteiger partial charge in [0.15, 0.2) is 41.6 Å². The lowest BCUT2D eigenvalue weighted by molar-refractivity contribution is -0.0645. The van der Waals surface area contributed by atoms with Crippen molar-refractivity contribution in [3.8, 4) is 0 Å². The van der Waals surface area contributed by atoms with Gasteiger partial charge in [0.2, 0.25) is 0 Å². The van der Waals surface area contributed by atoms with Gasteiger partial charge in [0.25, 0.3) is 0 Å². The summed E-state index contributed by atoms with van der Waals surface area (Å²) in [6.45, 7) is -5.44. The Hall–Kier alpha value is -2.85. The fraction of sp³-hybridized carbons (Fsp3) is 0.524. The molecule has 2 bridgehead atoms. The normalized spacial score (nSPS) is 37.7. The number of nitrogens with two attached hydrogens (primary N) is 2. The number of aliphatic hydroxyl groups excluding tert-OH is 1. The number of hydrogen-bond donors (Lipinski definition) is 4. The quantitative estimate of drug-likeness (QED) is 0.208. The number of nitrogens with zero attached hydrogens (tertiary/aromatic N) is 8.